The van der Waals surface area contributed by atoms with Crippen molar-refractivity contribution in [3.8, 4) is 0 Å². The maximum Gasteiger partial charge on any atom is 0.288 e. The van der Waals surface area contributed by atoms with E-state index in [0.717, 1.165) is 6.42 Å². The average molecular weight is 214 g/mol. The van der Waals surface area contributed by atoms with E-state index in [1.807, 2.05) is 27.7 Å². The molecule has 0 aliphatic heterocycles. The summed E-state index contributed by atoms with van der Waals surface area (Å²) in [7, 11) is 1.47. The Balaban J connectivity index is 4.52. The number of Topliss-reactive ketones (excluding diaryl/α,β-unsaturated/α-hetero) is 1. The second-order valence-corrected chi connectivity index (χ2v) is 4.68. The predicted molar refractivity (Wildman–Crippen MR) is 60.7 cm³/mol. The van der Waals surface area contributed by atoms with E-state index in [1.54, 1.807) is 0 Å². The van der Waals surface area contributed by atoms with Crippen molar-refractivity contribution in [1.82, 2.24) is 10.6 Å². The van der Waals surface area contributed by atoms with E-state index >= 15 is 0 Å². The lowest BCUT2D eigenvalue weighted by Crippen LogP contribution is -2.51. The molecule has 0 rings (SSSR count). The standard InChI is InChI=1S/C11H22N2O2/c1-6-7-8(13-11(2,3)4)9(14)10(15)12-5/h8,13H,6-7H2,1-5H3,(H,12,15). The van der Waals surface area contributed by atoms with Crippen molar-refractivity contribution in [3.63, 3.8) is 0 Å². The number of likely N-dealkylation sites (N-methyl/N-ethyl adjacent to an activating group) is 1. The molecule has 0 spiro atoms. The summed E-state index contributed by atoms with van der Waals surface area (Å²) in [5.74, 6) is -0.903. The monoisotopic (exact) mass is 214 g/mol. The number of nitrogens with one attached hydrogen (secondary N) is 2. The minimum atomic E-state index is -0.523. The molecule has 0 saturated carbocycles. The zero-order valence-electron chi connectivity index (χ0n) is 10.3. The van der Waals surface area contributed by atoms with Gasteiger partial charge >= 0.3 is 0 Å². The van der Waals surface area contributed by atoms with Crippen LogP contribution in [0.2, 0.25) is 0 Å². The van der Waals surface area contributed by atoms with Crippen LogP contribution in [0.3, 0.4) is 0 Å². The molecule has 15 heavy (non-hydrogen) atoms. The largest absolute Gasteiger partial charge is 0.353 e. The molecular weight excluding hydrogens is 192 g/mol. The fraction of sp³-hybridized carbons (Fsp3) is 0.818. The summed E-state index contributed by atoms with van der Waals surface area (Å²) in [4.78, 5) is 22.9. The van der Waals surface area contributed by atoms with Gasteiger partial charge in [0.15, 0.2) is 0 Å². The fourth-order valence-corrected chi connectivity index (χ4v) is 1.36. The molecule has 88 valence electrons. The van der Waals surface area contributed by atoms with Crippen LogP contribution in [0.4, 0.5) is 0 Å². The Bertz CT molecular complexity index is 231. The van der Waals surface area contributed by atoms with Gasteiger partial charge in [-0.05, 0) is 27.2 Å². The Morgan fingerprint density at radius 1 is 1.27 bits per heavy atom. The van der Waals surface area contributed by atoms with Crippen molar-refractivity contribution >= 4 is 11.7 Å². The highest BCUT2D eigenvalue weighted by molar-refractivity contribution is 6.38. The molecule has 0 bridgehead atoms. The van der Waals surface area contributed by atoms with E-state index in [0.29, 0.717) is 6.42 Å². The number of hydrogen-bond acceptors (Lipinski definition) is 3. The zero-order chi connectivity index (χ0) is 12.1. The SMILES string of the molecule is CCCC(NC(C)(C)C)C(=O)C(=O)NC. The number of rotatable bonds is 5. The quantitative estimate of drug-likeness (QED) is 0.667. The second-order valence-electron chi connectivity index (χ2n) is 4.68. The molecule has 4 heteroatoms. The first-order valence-electron chi connectivity index (χ1n) is 5.35. The van der Waals surface area contributed by atoms with Gasteiger partial charge in [-0.1, -0.05) is 13.3 Å². The molecule has 1 atom stereocenters. The third-order valence-corrected chi connectivity index (χ3v) is 1.95. The van der Waals surface area contributed by atoms with Crippen LogP contribution < -0.4 is 10.6 Å². The fourth-order valence-electron chi connectivity index (χ4n) is 1.36. The highest BCUT2D eigenvalue weighted by Gasteiger charge is 2.26. The van der Waals surface area contributed by atoms with Crippen molar-refractivity contribution in [2.75, 3.05) is 7.05 Å². The predicted octanol–water partition coefficient (Wildman–Crippen LogP) is 0.858. The van der Waals surface area contributed by atoms with Gasteiger partial charge in [-0.3, -0.25) is 9.59 Å². The maximum atomic E-state index is 11.7. The van der Waals surface area contributed by atoms with Gasteiger partial charge in [0.2, 0.25) is 5.78 Å². The number of carbonyl (C=O) groups excluding carboxylic acids is 2. The molecule has 0 aliphatic rings. The smallest absolute Gasteiger partial charge is 0.288 e. The normalized spacial score (nSPS) is 13.4. The minimum Gasteiger partial charge on any atom is -0.353 e. The molecule has 1 unspecified atom stereocenters. The summed E-state index contributed by atoms with van der Waals surface area (Å²) >= 11 is 0. The Hall–Kier alpha value is -0.900. The third kappa shape index (κ3) is 5.52. The molecule has 4 nitrogen and oxygen atoms in total. The summed E-state index contributed by atoms with van der Waals surface area (Å²) in [5.41, 5.74) is -0.163. The first-order valence-corrected chi connectivity index (χ1v) is 5.35. The number of carbonyl (C=O) groups is 2. The Kier molecular flexibility index (Phi) is 5.50. The van der Waals surface area contributed by atoms with Gasteiger partial charge in [0, 0.05) is 12.6 Å². The molecule has 0 heterocycles. The van der Waals surface area contributed by atoms with Gasteiger partial charge in [-0.15, -0.1) is 0 Å². The van der Waals surface area contributed by atoms with Crippen LogP contribution in [0.5, 0.6) is 0 Å². The van der Waals surface area contributed by atoms with Crippen LogP contribution in [0.25, 0.3) is 0 Å². The highest BCUT2D eigenvalue weighted by atomic mass is 16.2. The summed E-state index contributed by atoms with van der Waals surface area (Å²) < 4.78 is 0. The van der Waals surface area contributed by atoms with Gasteiger partial charge < -0.3 is 10.6 Å². The van der Waals surface area contributed by atoms with Gasteiger partial charge in [0.05, 0.1) is 6.04 Å². The minimum absolute atomic E-state index is 0.163. The lowest BCUT2D eigenvalue weighted by atomic mass is 10.0. The molecule has 0 radical (unpaired) electrons. The Labute approximate surface area is 91.8 Å². The van der Waals surface area contributed by atoms with E-state index in [4.69, 9.17) is 0 Å². The van der Waals surface area contributed by atoms with Crippen molar-refractivity contribution in [2.24, 2.45) is 0 Å². The molecule has 0 aromatic heterocycles. The van der Waals surface area contributed by atoms with Gasteiger partial charge in [-0.25, -0.2) is 0 Å². The van der Waals surface area contributed by atoms with E-state index in [2.05, 4.69) is 10.6 Å². The van der Waals surface area contributed by atoms with E-state index in [-0.39, 0.29) is 17.4 Å². The van der Waals surface area contributed by atoms with Gasteiger partial charge in [0.25, 0.3) is 5.91 Å². The first-order chi connectivity index (χ1) is 6.81. The molecule has 0 saturated heterocycles. The molecule has 0 aliphatic carbocycles. The molecule has 0 aromatic carbocycles. The van der Waals surface area contributed by atoms with Gasteiger partial charge in [-0.2, -0.15) is 0 Å². The topological polar surface area (TPSA) is 58.2 Å². The van der Waals surface area contributed by atoms with Crippen LogP contribution in [-0.4, -0.2) is 30.3 Å². The van der Waals surface area contributed by atoms with Gasteiger partial charge in [0.1, 0.15) is 0 Å². The van der Waals surface area contributed by atoms with Crippen LogP contribution in [0, 0.1) is 0 Å². The molecule has 0 fully saturated rings. The Morgan fingerprint density at radius 2 is 1.80 bits per heavy atom. The summed E-state index contributed by atoms with van der Waals surface area (Å²) in [6.07, 6.45) is 1.56. The van der Waals surface area contributed by atoms with Crippen molar-refractivity contribution < 1.29 is 9.59 Å². The number of amides is 1. The van der Waals surface area contributed by atoms with Crippen molar-refractivity contribution in [2.45, 2.75) is 52.1 Å². The lowest BCUT2D eigenvalue weighted by molar-refractivity contribution is -0.139. The summed E-state index contributed by atoms with van der Waals surface area (Å²) in [6, 6.07) is -0.380. The first kappa shape index (κ1) is 14.1. The number of ketones is 1. The Morgan fingerprint density at radius 3 is 2.13 bits per heavy atom. The van der Waals surface area contributed by atoms with E-state index in [9.17, 15) is 9.59 Å². The number of hydrogen-bond donors (Lipinski definition) is 2. The average Bonchev–Trinajstić information content (AvgIpc) is 2.13. The van der Waals surface area contributed by atoms with Crippen molar-refractivity contribution in [3.05, 3.63) is 0 Å². The van der Waals surface area contributed by atoms with Crippen LogP contribution >= 0.6 is 0 Å². The van der Waals surface area contributed by atoms with Crippen LogP contribution in [0.15, 0.2) is 0 Å². The van der Waals surface area contributed by atoms with E-state index < -0.39 is 5.91 Å². The summed E-state index contributed by atoms with van der Waals surface area (Å²) in [6.45, 7) is 7.93. The second kappa shape index (κ2) is 5.85. The highest BCUT2D eigenvalue weighted by Crippen LogP contribution is 2.06. The molecule has 0 aromatic rings. The molecule has 1 amide bonds. The van der Waals surface area contributed by atoms with Crippen LogP contribution in [-0.2, 0) is 9.59 Å². The zero-order valence-corrected chi connectivity index (χ0v) is 10.3. The molecule has 2 N–H and O–H groups in total. The molecular formula is C11H22N2O2. The lowest BCUT2D eigenvalue weighted by Gasteiger charge is -2.27. The van der Waals surface area contributed by atoms with E-state index in [1.165, 1.54) is 7.05 Å². The third-order valence-electron chi connectivity index (χ3n) is 1.95. The van der Waals surface area contributed by atoms with Crippen molar-refractivity contribution in [1.29, 1.82) is 0 Å². The maximum absolute atomic E-state index is 11.7. The summed E-state index contributed by atoms with van der Waals surface area (Å²) in [5, 5.41) is 5.52. The van der Waals surface area contributed by atoms with Crippen LogP contribution in [0.1, 0.15) is 40.5 Å².